The molecule has 0 saturated heterocycles. The topological polar surface area (TPSA) is 87.3 Å². The molecule has 0 atom stereocenters. The van der Waals surface area contributed by atoms with E-state index < -0.39 is 5.60 Å². The van der Waals surface area contributed by atoms with E-state index in [9.17, 15) is 9.59 Å². The van der Waals surface area contributed by atoms with Crippen LogP contribution in [0.15, 0.2) is 28.7 Å². The first-order valence-corrected chi connectivity index (χ1v) is 9.59. The number of aromatic nitrogens is 2. The summed E-state index contributed by atoms with van der Waals surface area (Å²) in [6, 6.07) is 7.62. The zero-order valence-electron chi connectivity index (χ0n) is 15.6. The third-order valence-electron chi connectivity index (χ3n) is 4.15. The molecule has 0 spiro atoms. The highest BCUT2D eigenvalue weighted by molar-refractivity contribution is 9.10. The normalized spacial score (nSPS) is 13.9. The van der Waals surface area contributed by atoms with Crippen molar-refractivity contribution in [3.8, 4) is 0 Å². The molecule has 1 aliphatic heterocycles. The summed E-state index contributed by atoms with van der Waals surface area (Å²) in [4.78, 5) is 26.3. The molecule has 144 valence electrons. The average molecular weight is 435 g/mol. The van der Waals surface area contributed by atoms with Crippen LogP contribution in [0.5, 0.6) is 0 Å². The van der Waals surface area contributed by atoms with E-state index in [0.717, 1.165) is 21.3 Å². The Kier molecular flexibility index (Phi) is 5.55. The van der Waals surface area contributed by atoms with Crippen LogP contribution < -0.4 is 5.32 Å². The first-order chi connectivity index (χ1) is 12.7. The minimum atomic E-state index is -0.532. The van der Waals surface area contributed by atoms with Crippen LogP contribution in [-0.2, 0) is 28.9 Å². The third kappa shape index (κ3) is 4.88. The molecule has 7 nitrogen and oxygen atoms in total. The Balaban J connectivity index is 1.64. The SMILES string of the molecule is CC(C)(C)OC(=O)N1CCc2c(NC(=O)Cc3ccccc3Br)n[nH]c2C1. The number of amides is 2. The Morgan fingerprint density at radius 3 is 2.78 bits per heavy atom. The van der Waals surface area contributed by atoms with Gasteiger partial charge in [-0.2, -0.15) is 5.10 Å². The highest BCUT2D eigenvalue weighted by Crippen LogP contribution is 2.25. The molecule has 0 radical (unpaired) electrons. The van der Waals surface area contributed by atoms with Gasteiger partial charge in [-0.25, -0.2) is 4.79 Å². The van der Waals surface area contributed by atoms with E-state index in [2.05, 4.69) is 31.4 Å². The fourth-order valence-corrected chi connectivity index (χ4v) is 3.32. The Morgan fingerprint density at radius 1 is 1.33 bits per heavy atom. The molecule has 1 aromatic heterocycles. The van der Waals surface area contributed by atoms with Crippen molar-refractivity contribution < 1.29 is 14.3 Å². The lowest BCUT2D eigenvalue weighted by atomic mass is 10.1. The molecule has 1 aliphatic rings. The standard InChI is InChI=1S/C19H23BrN4O3/c1-19(2,3)27-18(26)24-9-8-13-15(11-24)22-23-17(13)21-16(25)10-12-6-4-5-7-14(12)20/h4-7H,8-11H2,1-3H3,(H2,21,22,23,25). The van der Waals surface area contributed by atoms with Crippen molar-refractivity contribution in [2.24, 2.45) is 0 Å². The van der Waals surface area contributed by atoms with Crippen molar-refractivity contribution in [1.82, 2.24) is 15.1 Å². The third-order valence-corrected chi connectivity index (χ3v) is 4.93. The van der Waals surface area contributed by atoms with Crippen LogP contribution in [0.2, 0.25) is 0 Å². The summed E-state index contributed by atoms with van der Waals surface area (Å²) in [5.41, 5.74) is 2.14. The van der Waals surface area contributed by atoms with Crippen molar-refractivity contribution in [1.29, 1.82) is 0 Å². The van der Waals surface area contributed by atoms with Crippen LogP contribution in [0.1, 0.15) is 37.6 Å². The van der Waals surface area contributed by atoms with Crippen molar-refractivity contribution in [2.45, 2.75) is 45.8 Å². The highest BCUT2D eigenvalue weighted by Gasteiger charge is 2.28. The molecule has 8 heteroatoms. The number of carbonyl (C=O) groups is 2. The Morgan fingerprint density at radius 2 is 2.07 bits per heavy atom. The average Bonchev–Trinajstić information content (AvgIpc) is 2.97. The minimum Gasteiger partial charge on any atom is -0.444 e. The molecule has 1 aromatic carbocycles. The fraction of sp³-hybridized carbons (Fsp3) is 0.421. The molecule has 0 aliphatic carbocycles. The second-order valence-electron chi connectivity index (χ2n) is 7.50. The van der Waals surface area contributed by atoms with Gasteiger partial charge >= 0.3 is 6.09 Å². The maximum Gasteiger partial charge on any atom is 0.410 e. The van der Waals surface area contributed by atoms with Gasteiger partial charge in [0.25, 0.3) is 0 Å². The van der Waals surface area contributed by atoms with Gasteiger partial charge in [-0.15, -0.1) is 0 Å². The first-order valence-electron chi connectivity index (χ1n) is 8.80. The number of nitrogens with one attached hydrogen (secondary N) is 2. The lowest BCUT2D eigenvalue weighted by Gasteiger charge is -2.29. The predicted molar refractivity (Wildman–Crippen MR) is 105 cm³/mol. The smallest absolute Gasteiger partial charge is 0.410 e. The number of halogens is 1. The Labute approximate surface area is 166 Å². The molecule has 2 amide bonds. The molecule has 27 heavy (non-hydrogen) atoms. The zero-order valence-corrected chi connectivity index (χ0v) is 17.2. The number of fused-ring (bicyclic) bond motifs is 1. The summed E-state index contributed by atoms with van der Waals surface area (Å²) in [5.74, 6) is 0.400. The van der Waals surface area contributed by atoms with Crippen LogP contribution in [-0.4, -0.2) is 39.2 Å². The maximum absolute atomic E-state index is 12.4. The lowest BCUT2D eigenvalue weighted by molar-refractivity contribution is -0.115. The van der Waals surface area contributed by atoms with Crippen LogP contribution in [0.4, 0.5) is 10.6 Å². The molecule has 2 N–H and O–H groups in total. The van der Waals surface area contributed by atoms with E-state index in [1.807, 2.05) is 45.0 Å². The molecular formula is C19H23BrN4O3. The number of aromatic amines is 1. The van der Waals surface area contributed by atoms with Crippen molar-refractivity contribution in [3.05, 3.63) is 45.6 Å². The fourth-order valence-electron chi connectivity index (χ4n) is 2.89. The number of nitrogens with zero attached hydrogens (tertiary/aromatic N) is 2. The van der Waals surface area contributed by atoms with Gasteiger partial charge in [-0.05, 0) is 38.8 Å². The molecular weight excluding hydrogens is 412 g/mol. The minimum absolute atomic E-state index is 0.134. The molecule has 3 rings (SSSR count). The largest absolute Gasteiger partial charge is 0.444 e. The van der Waals surface area contributed by atoms with E-state index in [0.29, 0.717) is 25.3 Å². The van der Waals surface area contributed by atoms with Gasteiger partial charge < -0.3 is 15.0 Å². The van der Waals surface area contributed by atoms with Gasteiger partial charge in [0.15, 0.2) is 5.82 Å². The van der Waals surface area contributed by atoms with Gasteiger partial charge in [-0.1, -0.05) is 34.1 Å². The van der Waals surface area contributed by atoms with Crippen LogP contribution in [0, 0.1) is 0 Å². The number of H-pyrrole nitrogens is 1. The number of benzene rings is 1. The molecule has 2 aromatic rings. The molecule has 0 fully saturated rings. The van der Waals surface area contributed by atoms with E-state index in [1.165, 1.54) is 0 Å². The summed E-state index contributed by atoms with van der Waals surface area (Å²) >= 11 is 3.45. The van der Waals surface area contributed by atoms with E-state index >= 15 is 0 Å². The Hall–Kier alpha value is -2.35. The van der Waals surface area contributed by atoms with Gasteiger partial charge in [0.2, 0.25) is 5.91 Å². The summed E-state index contributed by atoms with van der Waals surface area (Å²) in [5, 5.41) is 10.0. The van der Waals surface area contributed by atoms with Crippen LogP contribution in [0.25, 0.3) is 0 Å². The predicted octanol–water partition coefficient (Wildman–Crippen LogP) is 3.65. The van der Waals surface area contributed by atoms with Gasteiger partial charge in [-0.3, -0.25) is 9.89 Å². The van der Waals surface area contributed by atoms with Crippen LogP contribution in [0.3, 0.4) is 0 Å². The number of ether oxygens (including phenoxy) is 1. The summed E-state index contributed by atoms with van der Waals surface area (Å²) in [7, 11) is 0. The Bertz CT molecular complexity index is 857. The zero-order chi connectivity index (χ0) is 19.6. The van der Waals surface area contributed by atoms with Crippen molar-refractivity contribution >= 4 is 33.7 Å². The van der Waals surface area contributed by atoms with E-state index in [4.69, 9.17) is 4.74 Å². The summed E-state index contributed by atoms with van der Waals surface area (Å²) in [6.45, 7) is 6.44. The monoisotopic (exact) mass is 434 g/mol. The van der Waals surface area contributed by atoms with Gasteiger partial charge in [0.05, 0.1) is 18.7 Å². The lowest BCUT2D eigenvalue weighted by Crippen LogP contribution is -2.40. The van der Waals surface area contributed by atoms with E-state index in [1.54, 1.807) is 4.90 Å². The second-order valence-corrected chi connectivity index (χ2v) is 8.35. The number of anilines is 1. The molecule has 0 unspecified atom stereocenters. The van der Waals surface area contributed by atoms with Crippen LogP contribution >= 0.6 is 15.9 Å². The van der Waals surface area contributed by atoms with Gasteiger partial charge in [0, 0.05) is 16.6 Å². The number of hydrogen-bond acceptors (Lipinski definition) is 4. The molecule has 2 heterocycles. The molecule has 0 bridgehead atoms. The number of rotatable bonds is 3. The maximum atomic E-state index is 12.4. The van der Waals surface area contributed by atoms with Gasteiger partial charge in [0.1, 0.15) is 5.60 Å². The van der Waals surface area contributed by atoms with Crippen molar-refractivity contribution in [2.75, 3.05) is 11.9 Å². The summed E-state index contributed by atoms with van der Waals surface area (Å²) in [6.07, 6.45) is 0.519. The van der Waals surface area contributed by atoms with Crippen molar-refractivity contribution in [3.63, 3.8) is 0 Å². The second kappa shape index (κ2) is 7.72. The highest BCUT2D eigenvalue weighted by atomic mass is 79.9. The summed E-state index contributed by atoms with van der Waals surface area (Å²) < 4.78 is 6.32. The van der Waals surface area contributed by atoms with E-state index in [-0.39, 0.29) is 18.4 Å². The number of carbonyl (C=O) groups excluding carboxylic acids is 2. The molecule has 0 saturated carbocycles. The quantitative estimate of drug-likeness (QED) is 0.771. The number of hydrogen-bond donors (Lipinski definition) is 2. The first kappa shape index (κ1) is 19.4.